The van der Waals surface area contributed by atoms with Crippen LogP contribution in [-0.4, -0.2) is 55.6 Å². The Morgan fingerprint density at radius 3 is 2.37 bits per heavy atom. The highest BCUT2D eigenvalue weighted by Crippen LogP contribution is 2.45. The zero-order valence-corrected chi connectivity index (χ0v) is 25.1. The van der Waals surface area contributed by atoms with Crippen LogP contribution < -0.4 is 10.6 Å². The van der Waals surface area contributed by atoms with Gasteiger partial charge in [-0.15, -0.1) is 0 Å². The topological polar surface area (TPSA) is 151 Å². The number of aliphatic hydroxyl groups is 1. The van der Waals surface area contributed by atoms with Gasteiger partial charge in [0.15, 0.2) is 9.84 Å². The molecule has 0 saturated carbocycles. The van der Waals surface area contributed by atoms with E-state index < -0.39 is 41.0 Å². The SMILES string of the molecule is CP(=O)(CC(O)c1cc(Cl)c(C(=O)N[C@@H](Cc2cccc(S(C)(=O)=O)c2)C(=O)O)c(Cl)c1)c1ccc2ccoc2c1. The molecule has 3 aromatic carbocycles. The number of sulfone groups is 1. The van der Waals surface area contributed by atoms with Crippen molar-refractivity contribution in [1.29, 1.82) is 0 Å². The second-order valence-corrected chi connectivity index (χ2v) is 15.7. The van der Waals surface area contributed by atoms with Crippen LogP contribution in [0.3, 0.4) is 0 Å². The fourth-order valence-electron chi connectivity index (χ4n) is 4.35. The molecule has 9 nitrogen and oxygen atoms in total. The Hall–Kier alpha value is -3.14. The van der Waals surface area contributed by atoms with Crippen LogP contribution in [-0.2, 0) is 25.6 Å². The third-order valence-corrected chi connectivity index (χ3v) is 10.7. The number of aliphatic carboxylic acids is 1. The van der Waals surface area contributed by atoms with Crippen LogP contribution in [0.4, 0.5) is 0 Å². The average molecular weight is 638 g/mol. The molecule has 0 aliphatic carbocycles. The number of aliphatic hydroxyl groups excluding tert-OH is 1. The number of benzene rings is 3. The lowest BCUT2D eigenvalue weighted by atomic mass is 10.0. The first-order valence-electron chi connectivity index (χ1n) is 12.2. The van der Waals surface area contributed by atoms with Crippen molar-refractivity contribution in [2.24, 2.45) is 0 Å². The molecule has 2 unspecified atom stereocenters. The zero-order chi connectivity index (χ0) is 30.1. The number of halogens is 2. The smallest absolute Gasteiger partial charge is 0.326 e. The van der Waals surface area contributed by atoms with E-state index in [1.165, 1.54) is 36.6 Å². The Kier molecular flexibility index (Phi) is 9.01. The summed E-state index contributed by atoms with van der Waals surface area (Å²) in [6.07, 6.45) is 0.989. The highest BCUT2D eigenvalue weighted by Gasteiger charge is 2.28. The van der Waals surface area contributed by atoms with E-state index >= 15 is 0 Å². The van der Waals surface area contributed by atoms with Crippen LogP contribution in [0.1, 0.15) is 27.6 Å². The van der Waals surface area contributed by atoms with Gasteiger partial charge in [0.25, 0.3) is 5.91 Å². The van der Waals surface area contributed by atoms with Crippen molar-refractivity contribution in [2.75, 3.05) is 19.1 Å². The van der Waals surface area contributed by atoms with Crippen LogP contribution in [0.5, 0.6) is 0 Å². The average Bonchev–Trinajstić information content (AvgIpc) is 3.35. The van der Waals surface area contributed by atoms with Crippen molar-refractivity contribution in [3.05, 3.63) is 93.7 Å². The molecule has 4 rings (SSSR count). The molecule has 0 aliphatic rings. The van der Waals surface area contributed by atoms with Gasteiger partial charge in [-0.25, -0.2) is 13.2 Å². The molecule has 0 radical (unpaired) electrons. The molecule has 0 saturated heterocycles. The number of carboxylic acids is 1. The number of carbonyl (C=O) groups is 2. The maximum Gasteiger partial charge on any atom is 0.326 e. The van der Waals surface area contributed by atoms with Crippen LogP contribution in [0, 0.1) is 0 Å². The predicted molar refractivity (Wildman–Crippen MR) is 158 cm³/mol. The maximum atomic E-state index is 13.5. The molecule has 0 aliphatic heterocycles. The molecule has 1 aromatic heterocycles. The monoisotopic (exact) mass is 637 g/mol. The summed E-state index contributed by atoms with van der Waals surface area (Å²) in [6, 6.07) is 13.9. The van der Waals surface area contributed by atoms with Gasteiger partial charge in [0, 0.05) is 29.5 Å². The summed E-state index contributed by atoms with van der Waals surface area (Å²) in [5.41, 5.74) is 0.975. The minimum Gasteiger partial charge on any atom is -0.480 e. The Balaban J connectivity index is 1.51. The summed E-state index contributed by atoms with van der Waals surface area (Å²) < 4.78 is 42.6. The van der Waals surface area contributed by atoms with Crippen molar-refractivity contribution < 1.29 is 37.2 Å². The van der Waals surface area contributed by atoms with Gasteiger partial charge >= 0.3 is 5.97 Å². The number of carboxylic acid groups (broad SMARTS) is 1. The third kappa shape index (κ3) is 7.20. The van der Waals surface area contributed by atoms with Crippen LogP contribution in [0.25, 0.3) is 11.0 Å². The normalized spacial score (nSPS) is 14.8. The highest BCUT2D eigenvalue weighted by atomic mass is 35.5. The van der Waals surface area contributed by atoms with Crippen molar-refractivity contribution in [3.63, 3.8) is 0 Å². The van der Waals surface area contributed by atoms with Gasteiger partial charge in [0.1, 0.15) is 18.8 Å². The Morgan fingerprint density at radius 1 is 1.05 bits per heavy atom. The Morgan fingerprint density at radius 2 is 1.73 bits per heavy atom. The standard InChI is InChI=1S/C28H26Cl2NO8PS/c1-40(36,19-7-6-17-8-9-39-25(17)14-19)15-24(32)18-12-21(29)26(22(30)13-18)27(33)31-23(28(34)35)11-16-4-3-5-20(10-16)41(2,37)38/h3-10,12-14,23-24,32H,11,15H2,1-2H3,(H,31,33)(H,34,35)/t23-,24?,40?/m0/s1. The Labute approximate surface area is 246 Å². The molecule has 3 atom stereocenters. The third-order valence-electron chi connectivity index (χ3n) is 6.55. The largest absolute Gasteiger partial charge is 0.480 e. The fraction of sp³-hybridized carbons (Fsp3) is 0.214. The summed E-state index contributed by atoms with van der Waals surface area (Å²) in [5, 5.41) is 24.1. The minimum atomic E-state index is -3.52. The Bertz CT molecular complexity index is 1780. The van der Waals surface area contributed by atoms with Crippen LogP contribution in [0.15, 0.2) is 76.2 Å². The molecule has 1 heterocycles. The number of hydrogen-bond acceptors (Lipinski definition) is 7. The number of amides is 1. The highest BCUT2D eigenvalue weighted by molar-refractivity contribution is 7.90. The minimum absolute atomic E-state index is 0.0174. The van der Waals surface area contributed by atoms with Gasteiger partial charge < -0.3 is 24.5 Å². The van der Waals surface area contributed by atoms with Crippen LogP contribution >= 0.6 is 30.3 Å². The van der Waals surface area contributed by atoms with Gasteiger partial charge in [-0.1, -0.05) is 47.5 Å². The summed E-state index contributed by atoms with van der Waals surface area (Å²) >= 11 is 12.7. The number of rotatable bonds is 10. The van der Waals surface area contributed by atoms with Gasteiger partial charge in [0.2, 0.25) is 0 Å². The van der Waals surface area contributed by atoms with E-state index in [0.29, 0.717) is 16.5 Å². The number of carbonyl (C=O) groups excluding carboxylic acids is 1. The van der Waals surface area contributed by atoms with Crippen molar-refractivity contribution >= 4 is 68.3 Å². The van der Waals surface area contributed by atoms with E-state index in [1.54, 1.807) is 37.0 Å². The van der Waals surface area contributed by atoms with E-state index in [2.05, 4.69) is 5.32 Å². The van der Waals surface area contributed by atoms with E-state index in [0.717, 1.165) is 11.6 Å². The lowest BCUT2D eigenvalue weighted by molar-refractivity contribution is -0.139. The maximum absolute atomic E-state index is 13.5. The first-order chi connectivity index (χ1) is 19.2. The van der Waals surface area contributed by atoms with Gasteiger partial charge in [0.05, 0.1) is 32.9 Å². The molecule has 0 fully saturated rings. The second-order valence-electron chi connectivity index (χ2n) is 9.79. The first-order valence-corrected chi connectivity index (χ1v) is 17.2. The molecule has 0 spiro atoms. The summed E-state index contributed by atoms with van der Waals surface area (Å²) in [4.78, 5) is 25.0. The number of nitrogens with one attached hydrogen (secondary N) is 1. The first kappa shape index (κ1) is 30.8. The summed E-state index contributed by atoms with van der Waals surface area (Å²) in [5.74, 6) is -2.23. The fourth-order valence-corrected chi connectivity index (χ4v) is 7.58. The van der Waals surface area contributed by atoms with Gasteiger partial charge in [-0.2, -0.15) is 0 Å². The molecule has 4 aromatic rings. The summed E-state index contributed by atoms with van der Waals surface area (Å²) in [6.45, 7) is 1.54. The lowest BCUT2D eigenvalue weighted by Gasteiger charge is -2.20. The van der Waals surface area contributed by atoms with E-state index in [1.807, 2.05) is 0 Å². The van der Waals surface area contributed by atoms with Gasteiger partial charge in [-0.05, 0) is 54.2 Å². The van der Waals surface area contributed by atoms with E-state index in [9.17, 15) is 32.8 Å². The van der Waals surface area contributed by atoms with Gasteiger partial charge in [-0.3, -0.25) is 4.79 Å². The molecule has 13 heteroatoms. The molecule has 1 amide bonds. The summed E-state index contributed by atoms with van der Waals surface area (Å²) in [7, 11) is -6.58. The lowest BCUT2D eigenvalue weighted by Crippen LogP contribution is -2.42. The number of fused-ring (bicyclic) bond motifs is 1. The molecular formula is C28H26Cl2NO8PS. The molecule has 0 bridgehead atoms. The molecule has 41 heavy (non-hydrogen) atoms. The zero-order valence-electron chi connectivity index (χ0n) is 21.9. The van der Waals surface area contributed by atoms with E-state index in [4.69, 9.17) is 27.6 Å². The van der Waals surface area contributed by atoms with Crippen molar-refractivity contribution in [2.45, 2.75) is 23.5 Å². The molecule has 3 N–H and O–H groups in total. The van der Waals surface area contributed by atoms with Crippen LogP contribution in [0.2, 0.25) is 10.0 Å². The van der Waals surface area contributed by atoms with Crippen molar-refractivity contribution in [1.82, 2.24) is 5.32 Å². The quantitative estimate of drug-likeness (QED) is 0.207. The number of furan rings is 1. The molecular weight excluding hydrogens is 612 g/mol. The van der Waals surface area contributed by atoms with Crippen molar-refractivity contribution in [3.8, 4) is 0 Å². The van der Waals surface area contributed by atoms with E-state index in [-0.39, 0.29) is 38.7 Å². The number of hydrogen-bond donors (Lipinski definition) is 3. The predicted octanol–water partition coefficient (Wildman–Crippen LogP) is 4.92. The molecule has 216 valence electrons. The second kappa shape index (κ2) is 12.0.